The molecule has 0 atom stereocenters. The van der Waals surface area contributed by atoms with Crippen LogP contribution >= 0.6 is 22.6 Å². The second-order valence-electron chi connectivity index (χ2n) is 2.25. The van der Waals surface area contributed by atoms with Crippen LogP contribution in [0.1, 0.15) is 22.3 Å². The molecule has 1 aromatic heterocycles. The Hall–Kier alpha value is -0.790. The maximum Gasteiger partial charge on any atom is 0.268 e. The maximum atomic E-state index is 12.3. The average Bonchev–Trinajstić information content (AvgIpc) is 2.01. The van der Waals surface area contributed by atoms with Gasteiger partial charge in [-0.3, -0.25) is 4.79 Å². The van der Waals surface area contributed by atoms with Gasteiger partial charge in [0.05, 0.1) is 5.56 Å². The predicted molar refractivity (Wildman–Crippen MR) is 51.7 cm³/mol. The summed E-state index contributed by atoms with van der Waals surface area (Å²) in [7, 11) is 0. The van der Waals surface area contributed by atoms with Crippen LogP contribution in [0.25, 0.3) is 0 Å². The van der Waals surface area contributed by atoms with Gasteiger partial charge in [0, 0.05) is 5.56 Å². The maximum absolute atomic E-state index is 12.3. The van der Waals surface area contributed by atoms with E-state index in [1.54, 1.807) is 22.6 Å². The van der Waals surface area contributed by atoms with Crippen LogP contribution in [0.4, 0.5) is 14.6 Å². The third-order valence-corrected chi connectivity index (χ3v) is 1.99. The number of nitrogen functional groups attached to an aromatic ring is 1. The van der Waals surface area contributed by atoms with E-state index in [1.807, 2.05) is 0 Å². The third-order valence-electron chi connectivity index (χ3n) is 1.43. The molecule has 6 heteroatoms. The summed E-state index contributed by atoms with van der Waals surface area (Å²) in [5, 5.41) is 0. The Morgan fingerprint density at radius 1 is 1.62 bits per heavy atom. The molecule has 0 aromatic carbocycles. The number of nitrogens with zero attached hydrogens (tertiary/aromatic N) is 1. The van der Waals surface area contributed by atoms with Crippen molar-refractivity contribution >= 4 is 34.7 Å². The SMILES string of the molecule is Nc1nc(I)cc(C=O)c1C(F)F. The Balaban J connectivity index is 3.38. The molecule has 1 heterocycles. The number of nitrogens with two attached hydrogens (primary N) is 1. The van der Waals surface area contributed by atoms with E-state index in [4.69, 9.17) is 5.73 Å². The highest BCUT2D eigenvalue weighted by molar-refractivity contribution is 14.1. The molecule has 0 saturated carbocycles. The predicted octanol–water partition coefficient (Wildman–Crippen LogP) is 2.02. The first-order chi connectivity index (χ1) is 6.06. The van der Waals surface area contributed by atoms with E-state index in [9.17, 15) is 13.6 Å². The van der Waals surface area contributed by atoms with Gasteiger partial charge in [-0.1, -0.05) is 0 Å². The zero-order valence-electron chi connectivity index (χ0n) is 6.30. The number of hydrogen-bond donors (Lipinski definition) is 1. The number of carbonyl (C=O) groups excluding carboxylic acids is 1. The first-order valence-corrected chi connectivity index (χ1v) is 4.33. The van der Waals surface area contributed by atoms with Gasteiger partial charge in [0.25, 0.3) is 6.43 Å². The van der Waals surface area contributed by atoms with E-state index < -0.39 is 12.0 Å². The van der Waals surface area contributed by atoms with Crippen molar-refractivity contribution in [2.45, 2.75) is 6.43 Å². The van der Waals surface area contributed by atoms with Gasteiger partial charge in [-0.25, -0.2) is 13.8 Å². The summed E-state index contributed by atoms with van der Waals surface area (Å²) in [6, 6.07) is 1.27. The number of anilines is 1. The van der Waals surface area contributed by atoms with Crippen LogP contribution in [0.2, 0.25) is 0 Å². The molecule has 1 aromatic rings. The van der Waals surface area contributed by atoms with Crippen LogP contribution in [-0.2, 0) is 0 Å². The number of alkyl halides is 2. The van der Waals surface area contributed by atoms with Gasteiger partial charge in [-0.2, -0.15) is 0 Å². The molecule has 1 rings (SSSR count). The minimum Gasteiger partial charge on any atom is -0.383 e. The highest BCUT2D eigenvalue weighted by atomic mass is 127. The number of halogens is 3. The minimum absolute atomic E-state index is 0.105. The zero-order valence-corrected chi connectivity index (χ0v) is 8.46. The van der Waals surface area contributed by atoms with E-state index >= 15 is 0 Å². The lowest BCUT2D eigenvalue weighted by Gasteiger charge is -2.06. The number of hydrogen-bond acceptors (Lipinski definition) is 3. The van der Waals surface area contributed by atoms with Crippen molar-refractivity contribution in [3.8, 4) is 0 Å². The van der Waals surface area contributed by atoms with Crippen LogP contribution in [0.5, 0.6) is 0 Å². The first-order valence-electron chi connectivity index (χ1n) is 3.25. The molecular weight excluding hydrogens is 293 g/mol. The van der Waals surface area contributed by atoms with Crippen LogP contribution in [-0.4, -0.2) is 11.3 Å². The number of rotatable bonds is 2. The number of aldehydes is 1. The number of carbonyl (C=O) groups is 1. The molecule has 70 valence electrons. The van der Waals surface area contributed by atoms with Crippen molar-refractivity contribution in [1.82, 2.24) is 4.98 Å². The average molecular weight is 298 g/mol. The lowest BCUT2D eigenvalue weighted by molar-refractivity contribution is 0.110. The molecule has 2 N–H and O–H groups in total. The van der Waals surface area contributed by atoms with Gasteiger partial charge in [0.1, 0.15) is 9.52 Å². The molecule has 0 aliphatic heterocycles. The van der Waals surface area contributed by atoms with Crippen molar-refractivity contribution in [3.63, 3.8) is 0 Å². The Morgan fingerprint density at radius 2 is 2.23 bits per heavy atom. The van der Waals surface area contributed by atoms with Gasteiger partial charge in [0.15, 0.2) is 6.29 Å². The molecule has 0 spiro atoms. The minimum atomic E-state index is -2.77. The smallest absolute Gasteiger partial charge is 0.268 e. The van der Waals surface area contributed by atoms with Crippen molar-refractivity contribution in [3.05, 3.63) is 20.9 Å². The molecule has 0 unspecified atom stereocenters. The second-order valence-corrected chi connectivity index (χ2v) is 3.36. The van der Waals surface area contributed by atoms with E-state index in [0.29, 0.717) is 9.99 Å². The van der Waals surface area contributed by atoms with Gasteiger partial charge < -0.3 is 5.73 Å². The van der Waals surface area contributed by atoms with Crippen molar-refractivity contribution in [1.29, 1.82) is 0 Å². The molecule has 0 radical (unpaired) electrons. The lowest BCUT2D eigenvalue weighted by Crippen LogP contribution is -2.04. The summed E-state index contributed by atoms with van der Waals surface area (Å²) in [4.78, 5) is 14.0. The fourth-order valence-corrected chi connectivity index (χ4v) is 1.49. The summed E-state index contributed by atoms with van der Waals surface area (Å²) >= 11 is 1.80. The van der Waals surface area contributed by atoms with Crippen molar-refractivity contribution in [2.75, 3.05) is 5.73 Å². The van der Waals surface area contributed by atoms with Gasteiger partial charge in [-0.05, 0) is 28.7 Å². The van der Waals surface area contributed by atoms with Gasteiger partial charge in [0.2, 0.25) is 0 Å². The topological polar surface area (TPSA) is 56.0 Å². The quantitative estimate of drug-likeness (QED) is 0.516. The summed E-state index contributed by atoms with van der Waals surface area (Å²) in [5.74, 6) is -0.288. The Morgan fingerprint density at radius 3 is 2.69 bits per heavy atom. The van der Waals surface area contributed by atoms with Crippen LogP contribution in [0.15, 0.2) is 6.07 Å². The second kappa shape index (κ2) is 3.95. The zero-order chi connectivity index (χ0) is 10.0. The van der Waals surface area contributed by atoms with Crippen LogP contribution in [0, 0.1) is 3.70 Å². The lowest BCUT2D eigenvalue weighted by atomic mass is 10.1. The largest absolute Gasteiger partial charge is 0.383 e. The highest BCUT2D eigenvalue weighted by Crippen LogP contribution is 2.27. The highest BCUT2D eigenvalue weighted by Gasteiger charge is 2.18. The first kappa shape index (κ1) is 10.3. The summed E-state index contributed by atoms with van der Waals surface area (Å²) in [5.41, 5.74) is 4.65. The fourth-order valence-electron chi connectivity index (χ4n) is 0.897. The van der Waals surface area contributed by atoms with E-state index in [-0.39, 0.29) is 11.4 Å². The van der Waals surface area contributed by atoms with E-state index in [2.05, 4.69) is 4.98 Å². The summed E-state index contributed by atoms with van der Waals surface area (Å²) in [6.45, 7) is 0. The van der Waals surface area contributed by atoms with Crippen molar-refractivity contribution < 1.29 is 13.6 Å². The normalized spacial score (nSPS) is 10.5. The number of pyridine rings is 1. The van der Waals surface area contributed by atoms with Crippen LogP contribution < -0.4 is 5.73 Å². The standard InChI is InChI=1S/C7H5F2IN2O/c8-6(9)5-3(2-13)1-4(10)12-7(5)11/h1-2,6H,(H2,11,12). The third kappa shape index (κ3) is 2.11. The molecular formula is C7H5F2IN2O. The monoisotopic (exact) mass is 298 g/mol. The van der Waals surface area contributed by atoms with E-state index in [1.165, 1.54) is 6.07 Å². The molecule has 0 aliphatic carbocycles. The van der Waals surface area contributed by atoms with E-state index in [0.717, 1.165) is 0 Å². The summed E-state index contributed by atoms with van der Waals surface area (Å²) in [6.07, 6.45) is -2.42. The van der Waals surface area contributed by atoms with Crippen molar-refractivity contribution in [2.24, 2.45) is 0 Å². The molecule has 0 saturated heterocycles. The Labute approximate surface area is 86.5 Å². The molecule has 0 fully saturated rings. The van der Waals surface area contributed by atoms with Crippen LogP contribution in [0.3, 0.4) is 0 Å². The molecule has 3 nitrogen and oxygen atoms in total. The number of aromatic nitrogens is 1. The van der Waals surface area contributed by atoms with Gasteiger partial charge in [-0.15, -0.1) is 0 Å². The Kier molecular flexibility index (Phi) is 3.12. The summed E-state index contributed by atoms with van der Waals surface area (Å²) < 4.78 is 25.1. The fraction of sp³-hybridized carbons (Fsp3) is 0.143. The molecule has 0 amide bonds. The Bertz CT molecular complexity index is 344. The molecule has 13 heavy (non-hydrogen) atoms. The molecule has 0 aliphatic rings. The van der Waals surface area contributed by atoms with Gasteiger partial charge >= 0.3 is 0 Å². The molecule has 0 bridgehead atoms.